The fourth-order valence-electron chi connectivity index (χ4n) is 1.47. The first-order valence-electron chi connectivity index (χ1n) is 5.22. The van der Waals surface area contributed by atoms with Crippen molar-refractivity contribution in [1.82, 2.24) is 0 Å². The summed E-state index contributed by atoms with van der Waals surface area (Å²) in [6, 6.07) is 8.96. The van der Waals surface area contributed by atoms with Crippen LogP contribution in [0.3, 0.4) is 0 Å². The summed E-state index contributed by atoms with van der Waals surface area (Å²) in [4.78, 5) is 12.5. The summed E-state index contributed by atoms with van der Waals surface area (Å²) in [5.41, 5.74) is 0.452. The van der Waals surface area contributed by atoms with Crippen molar-refractivity contribution in [1.29, 1.82) is 0 Å². The van der Waals surface area contributed by atoms with Crippen LogP contribution in [-0.2, 0) is 0 Å². The second-order valence-electron chi connectivity index (χ2n) is 3.74. The molecule has 0 aliphatic heterocycles. The SMILES string of the molecule is O=C(Nc1ccc(Cl)cc1Br)c1cc(S)ccc1F. The number of anilines is 1. The van der Waals surface area contributed by atoms with Gasteiger partial charge in [-0.25, -0.2) is 4.39 Å². The van der Waals surface area contributed by atoms with Gasteiger partial charge in [-0.05, 0) is 52.3 Å². The zero-order valence-corrected chi connectivity index (χ0v) is 12.7. The predicted octanol–water partition coefficient (Wildman–Crippen LogP) is 4.78. The molecule has 2 rings (SSSR count). The lowest BCUT2D eigenvalue weighted by atomic mass is 10.2. The van der Waals surface area contributed by atoms with Gasteiger partial charge in [-0.2, -0.15) is 0 Å². The van der Waals surface area contributed by atoms with Crippen molar-refractivity contribution >= 4 is 51.8 Å². The molecule has 2 aromatic carbocycles. The van der Waals surface area contributed by atoms with Crippen LogP contribution >= 0.6 is 40.2 Å². The van der Waals surface area contributed by atoms with E-state index in [9.17, 15) is 9.18 Å². The molecule has 19 heavy (non-hydrogen) atoms. The van der Waals surface area contributed by atoms with Gasteiger partial charge in [0.2, 0.25) is 0 Å². The maximum absolute atomic E-state index is 13.6. The van der Waals surface area contributed by atoms with Gasteiger partial charge >= 0.3 is 0 Å². The second-order valence-corrected chi connectivity index (χ2v) is 5.55. The zero-order valence-electron chi connectivity index (χ0n) is 9.45. The van der Waals surface area contributed by atoms with E-state index in [1.54, 1.807) is 18.2 Å². The van der Waals surface area contributed by atoms with Gasteiger partial charge in [0.1, 0.15) is 5.82 Å². The summed E-state index contributed by atoms with van der Waals surface area (Å²) >= 11 is 13.2. The van der Waals surface area contributed by atoms with Gasteiger partial charge < -0.3 is 5.32 Å². The Morgan fingerprint density at radius 2 is 2.00 bits per heavy atom. The van der Waals surface area contributed by atoms with Crippen LogP contribution in [0.4, 0.5) is 10.1 Å². The Hall–Kier alpha value is -1.04. The van der Waals surface area contributed by atoms with Crippen LogP contribution in [0.5, 0.6) is 0 Å². The number of hydrogen-bond acceptors (Lipinski definition) is 2. The van der Waals surface area contributed by atoms with Crippen LogP contribution in [0.15, 0.2) is 45.8 Å². The molecule has 0 bridgehead atoms. The van der Waals surface area contributed by atoms with E-state index < -0.39 is 11.7 Å². The Bertz CT molecular complexity index is 651. The van der Waals surface area contributed by atoms with E-state index in [-0.39, 0.29) is 5.56 Å². The van der Waals surface area contributed by atoms with Gasteiger partial charge in [0.15, 0.2) is 0 Å². The van der Waals surface area contributed by atoms with Crippen LogP contribution in [0.25, 0.3) is 0 Å². The first kappa shape index (κ1) is 14.4. The molecule has 0 saturated carbocycles. The first-order chi connectivity index (χ1) is 8.97. The molecule has 0 radical (unpaired) electrons. The van der Waals surface area contributed by atoms with Crippen LogP contribution in [-0.4, -0.2) is 5.91 Å². The van der Waals surface area contributed by atoms with Crippen molar-refractivity contribution in [2.75, 3.05) is 5.32 Å². The summed E-state index contributed by atoms with van der Waals surface area (Å²) in [6.07, 6.45) is 0. The molecule has 0 unspecified atom stereocenters. The smallest absolute Gasteiger partial charge is 0.258 e. The van der Waals surface area contributed by atoms with Gasteiger partial charge in [-0.15, -0.1) is 12.6 Å². The first-order valence-corrected chi connectivity index (χ1v) is 6.84. The molecule has 0 saturated heterocycles. The number of halogens is 3. The molecule has 0 heterocycles. The molecule has 2 nitrogen and oxygen atoms in total. The lowest BCUT2D eigenvalue weighted by Crippen LogP contribution is -2.14. The summed E-state index contributed by atoms with van der Waals surface area (Å²) in [7, 11) is 0. The normalized spacial score (nSPS) is 10.3. The molecule has 1 amide bonds. The quantitative estimate of drug-likeness (QED) is 0.741. The van der Waals surface area contributed by atoms with Crippen LogP contribution in [0, 0.1) is 5.82 Å². The van der Waals surface area contributed by atoms with E-state index in [0.29, 0.717) is 20.1 Å². The van der Waals surface area contributed by atoms with Crippen molar-refractivity contribution in [3.8, 4) is 0 Å². The van der Waals surface area contributed by atoms with Crippen LogP contribution in [0.1, 0.15) is 10.4 Å². The number of rotatable bonds is 2. The molecule has 0 fully saturated rings. The number of thiol groups is 1. The Balaban J connectivity index is 2.28. The predicted molar refractivity (Wildman–Crippen MR) is 80.8 cm³/mol. The lowest BCUT2D eigenvalue weighted by molar-refractivity contribution is 0.102. The summed E-state index contributed by atoms with van der Waals surface area (Å²) in [5.74, 6) is -1.14. The minimum Gasteiger partial charge on any atom is -0.321 e. The fraction of sp³-hybridized carbons (Fsp3) is 0. The maximum atomic E-state index is 13.6. The molecular weight excluding hydrogens is 353 g/mol. The molecule has 98 valence electrons. The topological polar surface area (TPSA) is 29.1 Å². The van der Waals surface area contributed by atoms with Gasteiger partial charge in [0.05, 0.1) is 11.3 Å². The number of nitrogens with one attached hydrogen (secondary N) is 1. The Morgan fingerprint density at radius 1 is 1.26 bits per heavy atom. The largest absolute Gasteiger partial charge is 0.321 e. The highest BCUT2D eigenvalue weighted by Crippen LogP contribution is 2.26. The van der Waals surface area contributed by atoms with Crippen molar-refractivity contribution in [2.24, 2.45) is 0 Å². The summed E-state index contributed by atoms with van der Waals surface area (Å²) in [6.45, 7) is 0. The van der Waals surface area contributed by atoms with Gasteiger partial charge in [0.25, 0.3) is 5.91 Å². The number of carbonyl (C=O) groups is 1. The fourth-order valence-corrected chi connectivity index (χ4v) is 2.45. The highest BCUT2D eigenvalue weighted by Gasteiger charge is 2.13. The highest BCUT2D eigenvalue weighted by molar-refractivity contribution is 9.10. The van der Waals surface area contributed by atoms with Crippen molar-refractivity contribution < 1.29 is 9.18 Å². The second kappa shape index (κ2) is 5.94. The van der Waals surface area contributed by atoms with Gasteiger partial charge in [-0.1, -0.05) is 11.6 Å². The van der Waals surface area contributed by atoms with Gasteiger partial charge in [0, 0.05) is 14.4 Å². The van der Waals surface area contributed by atoms with E-state index in [1.165, 1.54) is 18.2 Å². The van der Waals surface area contributed by atoms with E-state index >= 15 is 0 Å². The zero-order chi connectivity index (χ0) is 14.0. The summed E-state index contributed by atoms with van der Waals surface area (Å²) < 4.78 is 14.2. The third-order valence-electron chi connectivity index (χ3n) is 2.37. The molecule has 0 spiro atoms. The molecule has 6 heteroatoms. The molecule has 1 N–H and O–H groups in total. The number of amides is 1. The Kier molecular flexibility index (Phi) is 4.50. The van der Waals surface area contributed by atoms with Crippen LogP contribution in [0.2, 0.25) is 5.02 Å². The number of benzene rings is 2. The van der Waals surface area contributed by atoms with E-state index in [4.69, 9.17) is 11.6 Å². The molecular formula is C13H8BrClFNOS. The van der Waals surface area contributed by atoms with E-state index in [2.05, 4.69) is 33.9 Å². The van der Waals surface area contributed by atoms with Gasteiger partial charge in [-0.3, -0.25) is 4.79 Å². The van der Waals surface area contributed by atoms with Crippen LogP contribution < -0.4 is 5.32 Å². The minimum atomic E-state index is -0.597. The molecule has 2 aromatic rings. The third-order valence-corrected chi connectivity index (χ3v) is 3.54. The Labute approximate surface area is 128 Å². The van der Waals surface area contributed by atoms with Crippen molar-refractivity contribution in [3.05, 3.63) is 57.3 Å². The van der Waals surface area contributed by atoms with E-state index in [0.717, 1.165) is 0 Å². The number of carbonyl (C=O) groups excluding carboxylic acids is 1. The molecule has 0 aliphatic rings. The number of hydrogen-bond donors (Lipinski definition) is 2. The average Bonchev–Trinajstić information content (AvgIpc) is 2.35. The van der Waals surface area contributed by atoms with E-state index in [1.807, 2.05) is 0 Å². The lowest BCUT2D eigenvalue weighted by Gasteiger charge is -2.08. The molecule has 0 atom stereocenters. The molecule has 0 aromatic heterocycles. The Morgan fingerprint density at radius 3 is 2.68 bits per heavy atom. The molecule has 0 aliphatic carbocycles. The minimum absolute atomic E-state index is 0.0608. The third kappa shape index (κ3) is 3.49. The average molecular weight is 361 g/mol. The monoisotopic (exact) mass is 359 g/mol. The maximum Gasteiger partial charge on any atom is 0.258 e. The summed E-state index contributed by atoms with van der Waals surface area (Å²) in [5, 5.41) is 3.14. The van der Waals surface area contributed by atoms with Crippen molar-refractivity contribution in [2.45, 2.75) is 4.90 Å². The standard InChI is InChI=1S/C13H8BrClFNOS/c14-10-5-7(15)1-4-12(10)17-13(18)9-6-8(19)2-3-11(9)16/h1-6,19H,(H,17,18). The van der Waals surface area contributed by atoms with Crippen molar-refractivity contribution in [3.63, 3.8) is 0 Å². The highest BCUT2D eigenvalue weighted by atomic mass is 79.9.